The Morgan fingerprint density at radius 3 is 2.50 bits per heavy atom. The van der Waals surface area contributed by atoms with Crippen LogP contribution in [-0.2, 0) is 13.6 Å². The van der Waals surface area contributed by atoms with Gasteiger partial charge in [0, 0.05) is 41.7 Å². The Hall–Kier alpha value is 1.41. The first-order chi connectivity index (χ1) is 8.02. The number of nitrogens with two attached hydrogens (primary N) is 2. The third-order valence-corrected chi connectivity index (χ3v) is 3.26. The predicted octanol–water partition coefficient (Wildman–Crippen LogP) is 1.72. The number of hydrogen-bond donors (Lipinski definition) is 3. The first-order valence-electron chi connectivity index (χ1n) is 6.13. The number of phosphoric acid groups is 1. The fraction of sp³-hybridized carbons (Fsp3) is 1.00. The van der Waals surface area contributed by atoms with Gasteiger partial charge < -0.3 is 16.4 Å². The first-order valence-corrected chi connectivity index (χ1v) is 7.62. The molecule has 0 fully saturated rings. The van der Waals surface area contributed by atoms with Crippen molar-refractivity contribution in [3.8, 4) is 0 Å². The van der Waals surface area contributed by atoms with E-state index in [4.69, 9.17) is 20.5 Å². The van der Waals surface area contributed by atoms with E-state index in [1.807, 2.05) is 6.92 Å². The third-order valence-electron chi connectivity index (χ3n) is 2.21. The average Bonchev–Trinajstić information content (AvgIpc) is 2.24. The van der Waals surface area contributed by atoms with Gasteiger partial charge >= 0.3 is 7.82 Å². The molecule has 0 aliphatic heterocycles. The van der Waals surface area contributed by atoms with Crippen LogP contribution in [0.25, 0.3) is 0 Å². The summed E-state index contributed by atoms with van der Waals surface area (Å²) in [5, 5.41) is 0. The van der Waals surface area contributed by atoms with Crippen LogP contribution in [0.1, 0.15) is 45.4 Å². The SMILES string of the molecule is CCCCOP(=O)(O)OC(N)CCCCCN.[Ce]. The van der Waals surface area contributed by atoms with Crippen LogP contribution in [0, 0.1) is 41.7 Å². The van der Waals surface area contributed by atoms with Crippen molar-refractivity contribution in [1.82, 2.24) is 0 Å². The normalized spacial score (nSPS) is 15.8. The molecule has 0 aromatic rings. The van der Waals surface area contributed by atoms with Crippen molar-refractivity contribution in [3.63, 3.8) is 0 Å². The second-order valence-electron chi connectivity index (χ2n) is 3.94. The van der Waals surface area contributed by atoms with Crippen molar-refractivity contribution in [3.05, 3.63) is 0 Å². The zero-order valence-corrected chi connectivity index (χ0v) is 15.0. The zero-order chi connectivity index (χ0) is 13.1. The van der Waals surface area contributed by atoms with Crippen LogP contribution in [0.3, 0.4) is 0 Å². The minimum atomic E-state index is -3.98. The zero-order valence-electron chi connectivity index (χ0n) is 11.0. The molecule has 18 heavy (non-hydrogen) atoms. The fourth-order valence-electron chi connectivity index (χ4n) is 1.25. The number of hydrogen-bond acceptors (Lipinski definition) is 5. The Balaban J connectivity index is 0. The van der Waals surface area contributed by atoms with E-state index in [0.29, 0.717) is 13.0 Å². The molecule has 0 aliphatic rings. The molecule has 0 radical (unpaired) electrons. The van der Waals surface area contributed by atoms with Crippen LogP contribution >= 0.6 is 7.82 Å². The smallest absolute Gasteiger partial charge is 0.330 e. The van der Waals surface area contributed by atoms with E-state index in [1.54, 1.807) is 0 Å². The molecule has 5 N–H and O–H groups in total. The summed E-state index contributed by atoms with van der Waals surface area (Å²) in [6.45, 7) is 2.83. The Morgan fingerprint density at radius 2 is 1.94 bits per heavy atom. The summed E-state index contributed by atoms with van der Waals surface area (Å²) in [5.74, 6) is 0. The van der Waals surface area contributed by atoms with Crippen LogP contribution in [0.15, 0.2) is 0 Å². The quantitative estimate of drug-likeness (QED) is 0.273. The molecule has 0 amide bonds. The second kappa shape index (κ2) is 13.4. The Labute approximate surface area is 143 Å². The van der Waals surface area contributed by atoms with E-state index in [1.165, 1.54) is 0 Å². The molecular formula is C10H25CeN2O4P. The molecule has 2 atom stereocenters. The standard InChI is InChI=1S/C10H25N2O4P.Ce/c1-2-3-9-15-17(13,14)16-10(12)7-5-4-6-8-11;/h10H,2-9,11-12H2,1H3,(H,13,14);. The van der Waals surface area contributed by atoms with Gasteiger partial charge in [-0.2, -0.15) is 0 Å². The molecule has 2 unspecified atom stereocenters. The molecule has 0 aromatic heterocycles. The topological polar surface area (TPSA) is 108 Å². The summed E-state index contributed by atoms with van der Waals surface area (Å²) in [6, 6.07) is 0. The molecule has 6 nitrogen and oxygen atoms in total. The van der Waals surface area contributed by atoms with Gasteiger partial charge in [0.15, 0.2) is 0 Å². The third kappa shape index (κ3) is 13.8. The maximum absolute atomic E-state index is 11.4. The van der Waals surface area contributed by atoms with Crippen molar-refractivity contribution in [2.24, 2.45) is 11.5 Å². The summed E-state index contributed by atoms with van der Waals surface area (Å²) in [4.78, 5) is 9.33. The molecule has 0 heterocycles. The predicted molar refractivity (Wildman–Crippen MR) is 67.3 cm³/mol. The minimum absolute atomic E-state index is 0. The van der Waals surface area contributed by atoms with Gasteiger partial charge in [-0.3, -0.25) is 9.05 Å². The van der Waals surface area contributed by atoms with Gasteiger partial charge in [-0.25, -0.2) is 4.57 Å². The summed E-state index contributed by atoms with van der Waals surface area (Å²) in [5.41, 5.74) is 10.9. The van der Waals surface area contributed by atoms with Crippen LogP contribution in [0.2, 0.25) is 0 Å². The van der Waals surface area contributed by atoms with Crippen LogP contribution in [0.4, 0.5) is 0 Å². The molecule has 108 valence electrons. The van der Waals surface area contributed by atoms with Gasteiger partial charge in [0.2, 0.25) is 0 Å². The van der Waals surface area contributed by atoms with Gasteiger partial charge in [0.1, 0.15) is 6.23 Å². The number of phosphoric ester groups is 1. The molecular weight excluding hydrogens is 383 g/mol. The summed E-state index contributed by atoms with van der Waals surface area (Å²) >= 11 is 0. The van der Waals surface area contributed by atoms with Crippen molar-refractivity contribution >= 4 is 7.82 Å². The van der Waals surface area contributed by atoms with E-state index in [9.17, 15) is 9.46 Å². The van der Waals surface area contributed by atoms with Crippen molar-refractivity contribution in [2.45, 2.75) is 51.7 Å². The largest absolute Gasteiger partial charge is 0.473 e. The molecule has 0 bridgehead atoms. The minimum Gasteiger partial charge on any atom is -0.330 e. The van der Waals surface area contributed by atoms with E-state index < -0.39 is 14.1 Å². The fourth-order valence-corrected chi connectivity index (χ4v) is 2.11. The Morgan fingerprint density at radius 1 is 1.28 bits per heavy atom. The maximum Gasteiger partial charge on any atom is 0.473 e. The van der Waals surface area contributed by atoms with Gasteiger partial charge in [-0.1, -0.05) is 19.8 Å². The van der Waals surface area contributed by atoms with Gasteiger partial charge in [0.05, 0.1) is 6.61 Å². The van der Waals surface area contributed by atoms with Gasteiger partial charge in [-0.15, -0.1) is 0 Å². The molecule has 0 rings (SSSR count). The molecule has 0 saturated heterocycles. The monoisotopic (exact) mass is 408 g/mol. The number of rotatable bonds is 11. The first kappa shape index (κ1) is 21.7. The molecule has 0 saturated carbocycles. The number of unbranched alkanes of at least 4 members (excludes halogenated alkanes) is 3. The van der Waals surface area contributed by atoms with Crippen molar-refractivity contribution in [2.75, 3.05) is 13.2 Å². The molecule has 8 heteroatoms. The van der Waals surface area contributed by atoms with E-state index >= 15 is 0 Å². The van der Waals surface area contributed by atoms with E-state index in [2.05, 4.69) is 0 Å². The van der Waals surface area contributed by atoms with Gasteiger partial charge in [0.25, 0.3) is 0 Å². The van der Waals surface area contributed by atoms with Crippen molar-refractivity contribution in [1.29, 1.82) is 0 Å². The van der Waals surface area contributed by atoms with Crippen LogP contribution in [-0.4, -0.2) is 24.3 Å². The summed E-state index contributed by atoms with van der Waals surface area (Å²) < 4.78 is 21.0. The van der Waals surface area contributed by atoms with E-state index in [-0.39, 0.29) is 48.4 Å². The molecule has 0 aliphatic carbocycles. The van der Waals surface area contributed by atoms with E-state index in [0.717, 1.165) is 32.1 Å². The average molecular weight is 408 g/mol. The van der Waals surface area contributed by atoms with Crippen LogP contribution in [0.5, 0.6) is 0 Å². The molecule has 0 spiro atoms. The van der Waals surface area contributed by atoms with Crippen LogP contribution < -0.4 is 11.5 Å². The van der Waals surface area contributed by atoms with Gasteiger partial charge in [-0.05, 0) is 32.2 Å². The Kier molecular flexibility index (Phi) is 16.1. The summed E-state index contributed by atoms with van der Waals surface area (Å²) in [6.07, 6.45) is 4.08. The second-order valence-corrected chi connectivity index (χ2v) is 5.34. The molecule has 0 aromatic carbocycles. The Bertz CT molecular complexity index is 234. The summed E-state index contributed by atoms with van der Waals surface area (Å²) in [7, 11) is -3.98. The maximum atomic E-state index is 11.4. The van der Waals surface area contributed by atoms with Crippen molar-refractivity contribution < 1.29 is 60.3 Å².